The predicted molar refractivity (Wildman–Crippen MR) is 107 cm³/mol. The fourth-order valence-corrected chi connectivity index (χ4v) is 4.57. The summed E-state index contributed by atoms with van der Waals surface area (Å²) in [6.07, 6.45) is 0. The molecule has 25 heavy (non-hydrogen) atoms. The predicted octanol–water partition coefficient (Wildman–Crippen LogP) is 5.84. The van der Waals surface area contributed by atoms with Gasteiger partial charge in [0.15, 0.2) is 0 Å². The third kappa shape index (κ3) is 4.53. The second-order valence-corrected chi connectivity index (χ2v) is 7.97. The van der Waals surface area contributed by atoms with E-state index < -0.39 is 0 Å². The van der Waals surface area contributed by atoms with E-state index in [1.54, 1.807) is 23.1 Å². The van der Waals surface area contributed by atoms with Gasteiger partial charge in [0, 0.05) is 15.5 Å². The second-order valence-electron chi connectivity index (χ2n) is 5.92. The van der Waals surface area contributed by atoms with Gasteiger partial charge < -0.3 is 5.32 Å². The molecule has 0 spiro atoms. The van der Waals surface area contributed by atoms with Gasteiger partial charge in [-0.2, -0.15) is 0 Å². The van der Waals surface area contributed by atoms with Gasteiger partial charge in [0.05, 0.1) is 11.6 Å². The Kier molecular flexibility index (Phi) is 5.95. The van der Waals surface area contributed by atoms with Crippen molar-refractivity contribution in [2.45, 2.75) is 30.5 Å². The summed E-state index contributed by atoms with van der Waals surface area (Å²) >= 11 is 3.45. The number of aryl methyl sites for hydroxylation is 1. The summed E-state index contributed by atoms with van der Waals surface area (Å²) in [5.74, 6) is 0.861. The molecule has 0 bridgehead atoms. The molecule has 128 valence electrons. The van der Waals surface area contributed by atoms with Crippen molar-refractivity contribution in [3.8, 4) is 0 Å². The van der Waals surface area contributed by atoms with Gasteiger partial charge in [-0.1, -0.05) is 42.5 Å². The molecule has 4 heteroatoms. The van der Waals surface area contributed by atoms with Crippen molar-refractivity contribution in [3.05, 3.63) is 87.6 Å². The third-order valence-electron chi connectivity index (χ3n) is 4.08. The highest BCUT2D eigenvalue weighted by Gasteiger charge is 2.16. The van der Waals surface area contributed by atoms with Crippen molar-refractivity contribution >= 4 is 29.0 Å². The molecule has 1 amide bonds. The minimum Gasteiger partial charge on any atom is -0.345 e. The molecule has 0 radical (unpaired) electrons. The molecule has 2 nitrogen and oxygen atoms in total. The van der Waals surface area contributed by atoms with Crippen LogP contribution in [0.2, 0.25) is 0 Å². The third-order valence-corrected chi connectivity index (χ3v) is 6.27. The van der Waals surface area contributed by atoms with Crippen molar-refractivity contribution in [3.63, 3.8) is 0 Å². The normalized spacial score (nSPS) is 11.9. The SMILES string of the molecule is Cc1ccccc1C(C)NC(=O)c1ccccc1SCc1cccs1. The van der Waals surface area contributed by atoms with Crippen LogP contribution < -0.4 is 5.32 Å². The van der Waals surface area contributed by atoms with E-state index in [-0.39, 0.29) is 11.9 Å². The Labute approximate surface area is 157 Å². The molecule has 0 aliphatic carbocycles. The van der Waals surface area contributed by atoms with Crippen molar-refractivity contribution in [1.82, 2.24) is 5.32 Å². The summed E-state index contributed by atoms with van der Waals surface area (Å²) in [5, 5.41) is 5.22. The van der Waals surface area contributed by atoms with Gasteiger partial charge in [0.25, 0.3) is 5.91 Å². The van der Waals surface area contributed by atoms with Crippen LogP contribution in [-0.4, -0.2) is 5.91 Å². The number of thioether (sulfide) groups is 1. The highest BCUT2D eigenvalue weighted by Crippen LogP contribution is 2.28. The maximum atomic E-state index is 12.8. The zero-order valence-electron chi connectivity index (χ0n) is 14.4. The molecule has 3 aromatic rings. The Hall–Kier alpha value is -2.04. The van der Waals surface area contributed by atoms with E-state index in [1.165, 1.54) is 10.4 Å². The van der Waals surface area contributed by atoms with Crippen LogP contribution in [0.25, 0.3) is 0 Å². The van der Waals surface area contributed by atoms with Crippen LogP contribution in [0.4, 0.5) is 0 Å². The molecule has 3 rings (SSSR count). The lowest BCUT2D eigenvalue weighted by Crippen LogP contribution is -2.27. The Balaban J connectivity index is 1.72. The van der Waals surface area contributed by atoms with Crippen molar-refractivity contribution < 1.29 is 4.79 Å². The number of carbonyl (C=O) groups is 1. The lowest BCUT2D eigenvalue weighted by atomic mass is 10.0. The average molecular weight is 368 g/mol. The van der Waals surface area contributed by atoms with Crippen LogP contribution in [0.15, 0.2) is 70.9 Å². The van der Waals surface area contributed by atoms with Gasteiger partial charge in [0.1, 0.15) is 0 Å². The van der Waals surface area contributed by atoms with Crippen molar-refractivity contribution in [1.29, 1.82) is 0 Å². The molecule has 1 aromatic heterocycles. The van der Waals surface area contributed by atoms with Crippen LogP contribution in [0.3, 0.4) is 0 Å². The van der Waals surface area contributed by atoms with Crippen LogP contribution in [0.5, 0.6) is 0 Å². The number of rotatable bonds is 6. The zero-order valence-corrected chi connectivity index (χ0v) is 16.0. The molecule has 1 heterocycles. The highest BCUT2D eigenvalue weighted by atomic mass is 32.2. The Morgan fingerprint density at radius 2 is 1.84 bits per heavy atom. The molecular formula is C21H21NOS2. The molecule has 0 aliphatic rings. The van der Waals surface area contributed by atoms with E-state index in [0.29, 0.717) is 0 Å². The molecule has 0 aliphatic heterocycles. The van der Waals surface area contributed by atoms with E-state index in [4.69, 9.17) is 0 Å². The quantitative estimate of drug-likeness (QED) is 0.555. The highest BCUT2D eigenvalue weighted by molar-refractivity contribution is 7.98. The molecule has 1 atom stereocenters. The lowest BCUT2D eigenvalue weighted by molar-refractivity contribution is 0.0937. The van der Waals surface area contributed by atoms with E-state index in [9.17, 15) is 4.79 Å². The number of benzene rings is 2. The fourth-order valence-electron chi connectivity index (χ4n) is 2.75. The van der Waals surface area contributed by atoms with Gasteiger partial charge in [-0.3, -0.25) is 4.79 Å². The molecule has 2 aromatic carbocycles. The summed E-state index contributed by atoms with van der Waals surface area (Å²) in [6, 6.07) is 20.1. The molecular weight excluding hydrogens is 346 g/mol. The number of hydrogen-bond acceptors (Lipinski definition) is 3. The minimum absolute atomic E-state index is 0.0231. The number of carbonyl (C=O) groups excluding carboxylic acids is 1. The summed E-state index contributed by atoms with van der Waals surface area (Å²) in [6.45, 7) is 4.10. The first-order chi connectivity index (χ1) is 12.1. The minimum atomic E-state index is -0.0240. The van der Waals surface area contributed by atoms with E-state index in [2.05, 4.69) is 41.9 Å². The topological polar surface area (TPSA) is 29.1 Å². The summed E-state index contributed by atoms with van der Waals surface area (Å²) in [7, 11) is 0. The lowest BCUT2D eigenvalue weighted by Gasteiger charge is -2.17. The molecule has 1 unspecified atom stereocenters. The first-order valence-corrected chi connectivity index (χ1v) is 10.1. The average Bonchev–Trinajstić information content (AvgIpc) is 3.14. The van der Waals surface area contributed by atoms with Gasteiger partial charge in [-0.25, -0.2) is 0 Å². The second kappa shape index (κ2) is 8.37. The molecule has 0 saturated heterocycles. The molecule has 1 N–H and O–H groups in total. The molecule has 0 saturated carbocycles. The van der Waals surface area contributed by atoms with E-state index in [0.717, 1.165) is 21.8 Å². The van der Waals surface area contributed by atoms with Crippen LogP contribution in [0.1, 0.15) is 39.3 Å². The Morgan fingerprint density at radius 1 is 1.08 bits per heavy atom. The number of amides is 1. The van der Waals surface area contributed by atoms with E-state index >= 15 is 0 Å². The smallest absolute Gasteiger partial charge is 0.252 e. The summed E-state index contributed by atoms with van der Waals surface area (Å²) < 4.78 is 0. The zero-order chi connectivity index (χ0) is 17.6. The maximum absolute atomic E-state index is 12.8. The van der Waals surface area contributed by atoms with Crippen molar-refractivity contribution in [2.24, 2.45) is 0 Å². The molecule has 0 fully saturated rings. The standard InChI is InChI=1S/C21H21NOS2/c1-15-8-3-4-10-18(15)16(2)22-21(23)19-11-5-6-12-20(19)25-14-17-9-7-13-24-17/h3-13,16H,14H2,1-2H3,(H,22,23). The van der Waals surface area contributed by atoms with Gasteiger partial charge in [0.2, 0.25) is 0 Å². The fraction of sp³-hybridized carbons (Fsp3) is 0.190. The summed E-state index contributed by atoms with van der Waals surface area (Å²) in [4.78, 5) is 15.1. The van der Waals surface area contributed by atoms with Gasteiger partial charge in [-0.05, 0) is 48.6 Å². The number of hydrogen-bond donors (Lipinski definition) is 1. The van der Waals surface area contributed by atoms with Crippen LogP contribution in [-0.2, 0) is 5.75 Å². The number of nitrogens with one attached hydrogen (secondary N) is 1. The first kappa shape index (κ1) is 17.8. The van der Waals surface area contributed by atoms with Crippen molar-refractivity contribution in [2.75, 3.05) is 0 Å². The number of thiophene rings is 1. The Bertz CT molecular complexity index is 843. The summed E-state index contributed by atoms with van der Waals surface area (Å²) in [5.41, 5.74) is 3.08. The maximum Gasteiger partial charge on any atom is 0.252 e. The monoisotopic (exact) mass is 367 g/mol. The Morgan fingerprint density at radius 3 is 2.60 bits per heavy atom. The van der Waals surface area contributed by atoms with E-state index in [1.807, 2.05) is 43.3 Å². The van der Waals surface area contributed by atoms with Crippen LogP contribution >= 0.6 is 23.1 Å². The van der Waals surface area contributed by atoms with Gasteiger partial charge >= 0.3 is 0 Å². The van der Waals surface area contributed by atoms with Gasteiger partial charge in [-0.15, -0.1) is 23.1 Å². The largest absolute Gasteiger partial charge is 0.345 e. The first-order valence-electron chi connectivity index (χ1n) is 8.26. The van der Waals surface area contributed by atoms with Crippen LogP contribution in [0, 0.1) is 6.92 Å².